The highest BCUT2D eigenvalue weighted by atomic mass is 127. The molecule has 0 radical (unpaired) electrons. The fraction of sp³-hybridized carbons (Fsp3) is 0.476. The van der Waals surface area contributed by atoms with Crippen LogP contribution >= 0.6 is 24.0 Å². The maximum atomic E-state index is 12.1. The number of halogens is 1. The van der Waals surface area contributed by atoms with Crippen LogP contribution in [0.1, 0.15) is 54.1 Å². The Bertz CT molecular complexity index is 802. The monoisotopic (exact) mass is 513 g/mol. The lowest BCUT2D eigenvalue weighted by atomic mass is 10.1. The lowest BCUT2D eigenvalue weighted by Crippen LogP contribution is -2.38. The Labute approximate surface area is 190 Å². The van der Waals surface area contributed by atoms with Gasteiger partial charge in [-0.05, 0) is 37.0 Å². The van der Waals surface area contributed by atoms with Crippen molar-refractivity contribution in [2.75, 3.05) is 27.2 Å². The van der Waals surface area contributed by atoms with Crippen molar-refractivity contribution in [1.82, 2.24) is 20.7 Å². The van der Waals surface area contributed by atoms with Crippen LogP contribution in [0, 0.1) is 0 Å². The highest BCUT2D eigenvalue weighted by molar-refractivity contribution is 14.0. The standard InChI is InChI=1S/C21H31N5O2.HI/c1-6-22-21(24-14-18-13-19(15(2)3)25-28-18)23-11-10-16-8-7-9-17(12-16)20(27)26(4)5;/h7-9,12-13,15H,6,10-11,14H2,1-5H3,(H2,22,23,24);1H. The van der Waals surface area contributed by atoms with Crippen LogP contribution in [0.3, 0.4) is 0 Å². The van der Waals surface area contributed by atoms with Gasteiger partial charge in [-0.25, -0.2) is 4.99 Å². The van der Waals surface area contributed by atoms with E-state index in [1.165, 1.54) is 0 Å². The third-order valence-corrected chi connectivity index (χ3v) is 4.19. The molecule has 2 rings (SSSR count). The minimum absolute atomic E-state index is 0. The van der Waals surface area contributed by atoms with Gasteiger partial charge in [0.1, 0.15) is 6.54 Å². The number of benzene rings is 1. The zero-order valence-corrected chi connectivity index (χ0v) is 20.2. The van der Waals surface area contributed by atoms with Gasteiger partial charge in [0, 0.05) is 38.8 Å². The Balaban J connectivity index is 0.00000420. The van der Waals surface area contributed by atoms with Gasteiger partial charge in [0.05, 0.1) is 5.69 Å². The Morgan fingerprint density at radius 2 is 2.00 bits per heavy atom. The number of carbonyl (C=O) groups is 1. The molecule has 160 valence electrons. The highest BCUT2D eigenvalue weighted by Gasteiger charge is 2.09. The number of rotatable bonds is 8. The Morgan fingerprint density at radius 3 is 2.62 bits per heavy atom. The van der Waals surface area contributed by atoms with Crippen molar-refractivity contribution in [3.05, 3.63) is 52.9 Å². The van der Waals surface area contributed by atoms with Crippen molar-refractivity contribution in [3.8, 4) is 0 Å². The molecule has 2 N–H and O–H groups in total. The molecule has 1 aromatic carbocycles. The molecule has 2 aromatic rings. The summed E-state index contributed by atoms with van der Waals surface area (Å²) in [6, 6.07) is 9.68. The van der Waals surface area contributed by atoms with Crippen LogP contribution in [0.15, 0.2) is 39.8 Å². The van der Waals surface area contributed by atoms with Crippen molar-refractivity contribution in [2.45, 2.75) is 39.7 Å². The highest BCUT2D eigenvalue weighted by Crippen LogP contribution is 2.14. The van der Waals surface area contributed by atoms with Gasteiger partial charge in [-0.1, -0.05) is 31.1 Å². The average Bonchev–Trinajstić information content (AvgIpc) is 3.15. The zero-order valence-electron chi connectivity index (χ0n) is 17.9. The molecular weight excluding hydrogens is 481 g/mol. The van der Waals surface area contributed by atoms with E-state index in [9.17, 15) is 4.79 Å². The van der Waals surface area contributed by atoms with Gasteiger partial charge in [0.25, 0.3) is 5.91 Å². The van der Waals surface area contributed by atoms with Crippen LogP contribution in [0.2, 0.25) is 0 Å². The van der Waals surface area contributed by atoms with Crippen LogP contribution in [0.4, 0.5) is 0 Å². The maximum Gasteiger partial charge on any atom is 0.253 e. The normalized spacial score (nSPS) is 11.2. The van der Waals surface area contributed by atoms with Crippen molar-refractivity contribution < 1.29 is 9.32 Å². The summed E-state index contributed by atoms with van der Waals surface area (Å²) >= 11 is 0. The molecule has 0 bridgehead atoms. The topological polar surface area (TPSA) is 82.8 Å². The molecule has 8 heteroatoms. The molecule has 0 spiro atoms. The van der Waals surface area contributed by atoms with E-state index in [0.29, 0.717) is 24.6 Å². The molecule has 0 fully saturated rings. The number of nitrogens with one attached hydrogen (secondary N) is 2. The van der Waals surface area contributed by atoms with E-state index < -0.39 is 0 Å². The smallest absolute Gasteiger partial charge is 0.253 e. The molecule has 29 heavy (non-hydrogen) atoms. The summed E-state index contributed by atoms with van der Waals surface area (Å²) in [7, 11) is 3.52. The lowest BCUT2D eigenvalue weighted by molar-refractivity contribution is 0.0827. The second-order valence-corrected chi connectivity index (χ2v) is 7.14. The zero-order chi connectivity index (χ0) is 20.5. The number of guanidine groups is 1. The first kappa shape index (κ1) is 24.9. The summed E-state index contributed by atoms with van der Waals surface area (Å²) in [4.78, 5) is 18.2. The van der Waals surface area contributed by atoms with Gasteiger partial charge in [-0.3, -0.25) is 4.79 Å². The Morgan fingerprint density at radius 1 is 1.24 bits per heavy atom. The number of amides is 1. The predicted octanol–water partition coefficient (Wildman–Crippen LogP) is 3.42. The number of carbonyl (C=O) groups excluding carboxylic acids is 1. The summed E-state index contributed by atoms with van der Waals surface area (Å²) in [6.07, 6.45) is 0.790. The number of hydrogen-bond donors (Lipinski definition) is 2. The van der Waals surface area contributed by atoms with Gasteiger partial charge in [-0.15, -0.1) is 24.0 Å². The van der Waals surface area contributed by atoms with Crippen molar-refractivity contribution in [1.29, 1.82) is 0 Å². The summed E-state index contributed by atoms with van der Waals surface area (Å²) in [5, 5.41) is 10.6. The maximum absolute atomic E-state index is 12.1. The molecular formula is C21H32IN5O2. The van der Waals surface area contributed by atoms with E-state index in [-0.39, 0.29) is 29.9 Å². The number of aromatic nitrogens is 1. The van der Waals surface area contributed by atoms with Crippen LogP contribution in [0.5, 0.6) is 0 Å². The van der Waals surface area contributed by atoms with Gasteiger partial charge in [-0.2, -0.15) is 0 Å². The summed E-state index contributed by atoms with van der Waals surface area (Å²) in [6.45, 7) is 8.10. The van der Waals surface area contributed by atoms with E-state index in [0.717, 1.165) is 35.9 Å². The molecule has 7 nitrogen and oxygen atoms in total. The summed E-state index contributed by atoms with van der Waals surface area (Å²) in [5.74, 6) is 1.82. The van der Waals surface area contributed by atoms with E-state index in [2.05, 4.69) is 34.6 Å². The molecule has 0 unspecified atom stereocenters. The van der Waals surface area contributed by atoms with Gasteiger partial charge in [0.2, 0.25) is 0 Å². The third-order valence-electron chi connectivity index (χ3n) is 4.19. The molecule has 0 atom stereocenters. The fourth-order valence-electron chi connectivity index (χ4n) is 2.62. The predicted molar refractivity (Wildman–Crippen MR) is 127 cm³/mol. The molecule has 0 aliphatic carbocycles. The van der Waals surface area contributed by atoms with Crippen LogP contribution in [-0.2, 0) is 13.0 Å². The van der Waals surface area contributed by atoms with Gasteiger partial charge >= 0.3 is 0 Å². The number of nitrogens with zero attached hydrogens (tertiary/aromatic N) is 3. The molecule has 1 aromatic heterocycles. The molecule has 0 saturated carbocycles. The van der Waals surface area contributed by atoms with Crippen molar-refractivity contribution in [3.63, 3.8) is 0 Å². The van der Waals surface area contributed by atoms with Crippen LogP contribution < -0.4 is 10.6 Å². The van der Waals surface area contributed by atoms with Gasteiger partial charge in [0.15, 0.2) is 11.7 Å². The summed E-state index contributed by atoms with van der Waals surface area (Å²) in [5.41, 5.74) is 2.75. The largest absolute Gasteiger partial charge is 0.359 e. The van der Waals surface area contributed by atoms with Gasteiger partial charge < -0.3 is 20.1 Å². The first-order chi connectivity index (χ1) is 13.4. The molecule has 1 amide bonds. The molecule has 0 saturated heterocycles. The van der Waals surface area contributed by atoms with E-state index in [1.54, 1.807) is 19.0 Å². The quantitative estimate of drug-likeness (QED) is 0.321. The second kappa shape index (κ2) is 12.5. The first-order valence-corrected chi connectivity index (χ1v) is 9.69. The number of hydrogen-bond acceptors (Lipinski definition) is 4. The minimum Gasteiger partial charge on any atom is -0.359 e. The molecule has 1 heterocycles. The first-order valence-electron chi connectivity index (χ1n) is 9.69. The SMILES string of the molecule is CCNC(=NCc1cc(C(C)C)no1)NCCc1cccc(C(=O)N(C)C)c1.I. The Kier molecular flexibility index (Phi) is 10.7. The van der Waals surface area contributed by atoms with E-state index in [4.69, 9.17) is 4.52 Å². The van der Waals surface area contributed by atoms with Crippen molar-refractivity contribution in [2.24, 2.45) is 4.99 Å². The van der Waals surface area contributed by atoms with E-state index >= 15 is 0 Å². The minimum atomic E-state index is 0. The fourth-order valence-corrected chi connectivity index (χ4v) is 2.62. The third kappa shape index (κ3) is 8.04. The van der Waals surface area contributed by atoms with Crippen molar-refractivity contribution >= 4 is 35.8 Å². The molecule has 0 aliphatic heterocycles. The van der Waals surface area contributed by atoms with E-state index in [1.807, 2.05) is 37.3 Å². The Hall–Kier alpha value is -2.10. The average molecular weight is 513 g/mol. The lowest BCUT2D eigenvalue weighted by Gasteiger charge is -2.13. The van der Waals surface area contributed by atoms with Crippen LogP contribution in [-0.4, -0.2) is 49.1 Å². The summed E-state index contributed by atoms with van der Waals surface area (Å²) < 4.78 is 5.33. The molecule has 0 aliphatic rings. The number of aliphatic imine (C=N–C) groups is 1. The van der Waals surface area contributed by atoms with Crippen LogP contribution in [0.25, 0.3) is 0 Å². The second-order valence-electron chi connectivity index (χ2n) is 7.14.